The zero-order valence-electron chi connectivity index (χ0n) is 7.17. The van der Waals surface area contributed by atoms with Gasteiger partial charge in [-0.3, -0.25) is 4.79 Å². The van der Waals surface area contributed by atoms with E-state index in [4.69, 9.17) is 0 Å². The van der Waals surface area contributed by atoms with Crippen LogP contribution in [0.2, 0.25) is 0 Å². The van der Waals surface area contributed by atoms with Crippen LogP contribution in [0.4, 0.5) is 0 Å². The van der Waals surface area contributed by atoms with Crippen molar-refractivity contribution in [1.82, 2.24) is 0 Å². The maximum absolute atomic E-state index is 10.9. The van der Waals surface area contributed by atoms with Crippen LogP contribution in [0.3, 0.4) is 0 Å². The molecule has 1 aliphatic carbocycles. The number of hydrogen-bond donors (Lipinski definition) is 0. The van der Waals surface area contributed by atoms with Crippen LogP contribution in [0.5, 0.6) is 0 Å². The Kier molecular flexibility index (Phi) is 3.35. The molecule has 0 saturated heterocycles. The summed E-state index contributed by atoms with van der Waals surface area (Å²) < 4.78 is 0. The topological polar surface area (TPSA) is 17.1 Å². The summed E-state index contributed by atoms with van der Waals surface area (Å²) >= 11 is 1.49. The van der Waals surface area contributed by atoms with Crippen molar-refractivity contribution in [2.45, 2.75) is 19.8 Å². The Balaban J connectivity index is 2.51. The molecule has 0 atom stereocenters. The molecule has 0 fully saturated rings. The third-order valence-corrected chi connectivity index (χ3v) is 2.76. The van der Waals surface area contributed by atoms with Gasteiger partial charge >= 0.3 is 0 Å². The number of carbonyl (C=O) groups is 1. The summed E-state index contributed by atoms with van der Waals surface area (Å²) in [5.74, 6) is 0.0652. The molecular weight excluding hydrogens is 168 g/mol. The van der Waals surface area contributed by atoms with Gasteiger partial charge in [0.15, 0.2) is 5.78 Å². The maximum atomic E-state index is 10.9. The van der Waals surface area contributed by atoms with Crippen LogP contribution in [0.15, 0.2) is 34.6 Å². The zero-order chi connectivity index (χ0) is 8.97. The predicted molar refractivity (Wildman–Crippen MR) is 53.9 cm³/mol. The van der Waals surface area contributed by atoms with E-state index in [1.165, 1.54) is 16.7 Å². The predicted octanol–water partition coefficient (Wildman–Crippen LogP) is 3.06. The van der Waals surface area contributed by atoms with Gasteiger partial charge in [0.05, 0.1) is 0 Å². The average Bonchev–Trinajstić information content (AvgIpc) is 2.06. The van der Waals surface area contributed by atoms with Crippen LogP contribution in [0.1, 0.15) is 19.8 Å². The molecule has 0 unspecified atom stereocenters. The molecule has 64 valence electrons. The summed E-state index contributed by atoms with van der Waals surface area (Å²) in [5, 5.41) is 0. The highest BCUT2D eigenvalue weighted by molar-refractivity contribution is 8.07. The SMILES string of the molecule is C=C(SC1=CC=CCC1)C(C)=O. The Morgan fingerprint density at radius 1 is 1.67 bits per heavy atom. The molecule has 0 spiro atoms. The number of ketones is 1. The summed E-state index contributed by atoms with van der Waals surface area (Å²) in [6.45, 7) is 5.25. The fourth-order valence-corrected chi connectivity index (χ4v) is 1.72. The number of carbonyl (C=O) groups excluding carboxylic acids is 1. The highest BCUT2D eigenvalue weighted by Crippen LogP contribution is 2.29. The minimum atomic E-state index is 0.0652. The smallest absolute Gasteiger partial charge is 0.165 e. The van der Waals surface area contributed by atoms with E-state index in [1.54, 1.807) is 6.92 Å². The summed E-state index contributed by atoms with van der Waals surface area (Å²) in [7, 11) is 0. The Hall–Kier alpha value is -0.760. The van der Waals surface area contributed by atoms with Crippen molar-refractivity contribution < 1.29 is 4.79 Å². The van der Waals surface area contributed by atoms with E-state index in [-0.39, 0.29) is 5.78 Å². The van der Waals surface area contributed by atoms with Crippen molar-refractivity contribution in [3.63, 3.8) is 0 Å². The van der Waals surface area contributed by atoms with Gasteiger partial charge in [0, 0.05) is 4.91 Å². The molecule has 0 aliphatic heterocycles. The van der Waals surface area contributed by atoms with Gasteiger partial charge in [-0.15, -0.1) is 0 Å². The number of rotatable bonds is 3. The highest BCUT2D eigenvalue weighted by Gasteiger charge is 2.05. The fraction of sp³-hybridized carbons (Fsp3) is 0.300. The van der Waals surface area contributed by atoms with E-state index in [1.807, 2.05) is 12.2 Å². The number of Topliss-reactive ketones (excluding diaryl/α,β-unsaturated/α-hetero) is 1. The van der Waals surface area contributed by atoms with Gasteiger partial charge in [-0.1, -0.05) is 36.6 Å². The molecular formula is C10H12OS. The van der Waals surface area contributed by atoms with Crippen LogP contribution in [-0.2, 0) is 4.79 Å². The summed E-state index contributed by atoms with van der Waals surface area (Å²) in [6.07, 6.45) is 8.31. The normalized spacial score (nSPS) is 15.6. The lowest BCUT2D eigenvalue weighted by Gasteiger charge is -2.07. The van der Waals surface area contributed by atoms with Crippen molar-refractivity contribution in [2.75, 3.05) is 0 Å². The fourth-order valence-electron chi connectivity index (χ4n) is 0.896. The van der Waals surface area contributed by atoms with E-state index < -0.39 is 0 Å². The molecule has 0 heterocycles. The second-order valence-corrected chi connectivity index (χ2v) is 3.90. The second kappa shape index (κ2) is 4.31. The first-order valence-electron chi connectivity index (χ1n) is 3.93. The summed E-state index contributed by atoms with van der Waals surface area (Å²) in [5.41, 5.74) is 0. The van der Waals surface area contributed by atoms with Crippen LogP contribution < -0.4 is 0 Å². The lowest BCUT2D eigenvalue weighted by atomic mass is 10.2. The molecule has 0 saturated carbocycles. The van der Waals surface area contributed by atoms with Crippen molar-refractivity contribution in [2.24, 2.45) is 0 Å². The van der Waals surface area contributed by atoms with E-state index >= 15 is 0 Å². The third kappa shape index (κ3) is 2.70. The third-order valence-electron chi connectivity index (χ3n) is 1.62. The molecule has 1 rings (SSSR count). The number of hydrogen-bond acceptors (Lipinski definition) is 2. The highest BCUT2D eigenvalue weighted by atomic mass is 32.2. The Labute approximate surface area is 77.2 Å². The first-order valence-corrected chi connectivity index (χ1v) is 4.75. The second-order valence-electron chi connectivity index (χ2n) is 2.68. The molecule has 0 bridgehead atoms. The summed E-state index contributed by atoms with van der Waals surface area (Å²) in [6, 6.07) is 0. The lowest BCUT2D eigenvalue weighted by molar-refractivity contribution is -0.112. The van der Waals surface area contributed by atoms with Crippen molar-refractivity contribution in [3.8, 4) is 0 Å². The number of thioether (sulfide) groups is 1. The van der Waals surface area contributed by atoms with E-state index in [2.05, 4.69) is 12.7 Å². The minimum absolute atomic E-state index is 0.0652. The first-order chi connectivity index (χ1) is 5.70. The van der Waals surface area contributed by atoms with Gasteiger partial charge < -0.3 is 0 Å². The van der Waals surface area contributed by atoms with E-state index in [0.717, 1.165) is 12.8 Å². The van der Waals surface area contributed by atoms with E-state index in [9.17, 15) is 4.79 Å². The average molecular weight is 180 g/mol. The molecule has 0 radical (unpaired) electrons. The van der Waals surface area contributed by atoms with Crippen molar-refractivity contribution in [1.29, 1.82) is 0 Å². The van der Waals surface area contributed by atoms with Crippen molar-refractivity contribution in [3.05, 3.63) is 34.6 Å². The molecule has 1 nitrogen and oxygen atoms in total. The quantitative estimate of drug-likeness (QED) is 0.621. The first kappa shape index (κ1) is 9.33. The minimum Gasteiger partial charge on any atom is -0.294 e. The molecule has 0 aromatic carbocycles. The molecule has 0 aromatic heterocycles. The lowest BCUT2D eigenvalue weighted by Crippen LogP contribution is -1.91. The van der Waals surface area contributed by atoms with Crippen molar-refractivity contribution >= 4 is 17.5 Å². The van der Waals surface area contributed by atoms with Gasteiger partial charge in [-0.2, -0.15) is 0 Å². The van der Waals surface area contributed by atoms with Gasteiger partial charge in [0.1, 0.15) is 0 Å². The van der Waals surface area contributed by atoms with E-state index in [0.29, 0.717) is 4.91 Å². The molecule has 12 heavy (non-hydrogen) atoms. The zero-order valence-corrected chi connectivity index (χ0v) is 7.99. The van der Waals surface area contributed by atoms with Gasteiger partial charge in [0.2, 0.25) is 0 Å². The number of allylic oxidation sites excluding steroid dienone is 5. The van der Waals surface area contributed by atoms with Gasteiger partial charge in [-0.05, 0) is 24.7 Å². The van der Waals surface area contributed by atoms with Crippen LogP contribution in [0, 0.1) is 0 Å². The standard InChI is InChI=1S/C10H12OS/c1-8(11)9(2)12-10-6-4-3-5-7-10/h3-4,6H,2,5,7H2,1H3. The van der Waals surface area contributed by atoms with Crippen LogP contribution in [-0.4, -0.2) is 5.78 Å². The molecule has 1 aliphatic rings. The molecule has 2 heteroatoms. The monoisotopic (exact) mass is 180 g/mol. The molecule has 0 N–H and O–H groups in total. The largest absolute Gasteiger partial charge is 0.294 e. The van der Waals surface area contributed by atoms with Crippen LogP contribution >= 0.6 is 11.8 Å². The Morgan fingerprint density at radius 3 is 2.92 bits per heavy atom. The molecule has 0 aromatic rings. The van der Waals surface area contributed by atoms with Gasteiger partial charge in [-0.25, -0.2) is 0 Å². The Morgan fingerprint density at radius 2 is 2.42 bits per heavy atom. The van der Waals surface area contributed by atoms with Crippen LogP contribution in [0.25, 0.3) is 0 Å². The van der Waals surface area contributed by atoms with Gasteiger partial charge in [0.25, 0.3) is 0 Å². The Bertz CT molecular complexity index is 261. The molecule has 0 amide bonds. The maximum Gasteiger partial charge on any atom is 0.165 e. The summed E-state index contributed by atoms with van der Waals surface area (Å²) in [4.78, 5) is 12.7.